The molecule has 1 aliphatic rings. The maximum Gasteiger partial charge on any atom is 0.118 e. The number of aryl methyl sites for hydroxylation is 1. The standard InChI is InChI=1S/C17H30N2O/c1-5-6-18-9-17-8-16(15(4)20-17)12-19-10-13(2)7-14(3)11-19/h8,13-14,18H,5-7,9-12H2,1-4H3. The lowest BCUT2D eigenvalue weighted by Crippen LogP contribution is -2.38. The Morgan fingerprint density at radius 1 is 1.30 bits per heavy atom. The number of piperidine rings is 1. The highest BCUT2D eigenvalue weighted by Gasteiger charge is 2.22. The van der Waals surface area contributed by atoms with E-state index < -0.39 is 0 Å². The first kappa shape index (κ1) is 15.6. The van der Waals surface area contributed by atoms with Gasteiger partial charge in [0.1, 0.15) is 11.5 Å². The van der Waals surface area contributed by atoms with Gasteiger partial charge in [-0.05, 0) is 44.2 Å². The topological polar surface area (TPSA) is 28.4 Å². The van der Waals surface area contributed by atoms with E-state index in [1.54, 1.807) is 0 Å². The highest BCUT2D eigenvalue weighted by molar-refractivity contribution is 5.20. The van der Waals surface area contributed by atoms with E-state index in [-0.39, 0.29) is 0 Å². The van der Waals surface area contributed by atoms with E-state index >= 15 is 0 Å². The lowest BCUT2D eigenvalue weighted by Gasteiger charge is -2.34. The molecule has 1 aromatic rings. The van der Waals surface area contributed by atoms with Crippen molar-refractivity contribution in [2.24, 2.45) is 11.8 Å². The fraction of sp³-hybridized carbons (Fsp3) is 0.765. The summed E-state index contributed by atoms with van der Waals surface area (Å²) in [6.45, 7) is 14.4. The van der Waals surface area contributed by atoms with Gasteiger partial charge >= 0.3 is 0 Å². The molecule has 0 aromatic carbocycles. The van der Waals surface area contributed by atoms with Crippen molar-refractivity contribution in [3.05, 3.63) is 23.2 Å². The summed E-state index contributed by atoms with van der Waals surface area (Å²) in [5.74, 6) is 3.79. The zero-order valence-electron chi connectivity index (χ0n) is 13.5. The molecule has 3 nitrogen and oxygen atoms in total. The van der Waals surface area contributed by atoms with Crippen LogP contribution in [0.2, 0.25) is 0 Å². The Bertz CT molecular complexity index is 403. The van der Waals surface area contributed by atoms with E-state index in [9.17, 15) is 0 Å². The number of nitrogens with zero attached hydrogens (tertiary/aromatic N) is 1. The van der Waals surface area contributed by atoms with Crippen molar-refractivity contribution in [1.82, 2.24) is 10.2 Å². The van der Waals surface area contributed by atoms with Crippen LogP contribution >= 0.6 is 0 Å². The lowest BCUT2D eigenvalue weighted by molar-refractivity contribution is 0.134. The van der Waals surface area contributed by atoms with Crippen LogP contribution in [0.25, 0.3) is 0 Å². The second-order valence-electron chi connectivity index (χ2n) is 6.61. The van der Waals surface area contributed by atoms with Gasteiger partial charge in [0.05, 0.1) is 6.54 Å². The van der Waals surface area contributed by atoms with Crippen LogP contribution in [0.3, 0.4) is 0 Å². The molecular weight excluding hydrogens is 248 g/mol. The van der Waals surface area contributed by atoms with Crippen LogP contribution < -0.4 is 5.32 Å². The molecule has 2 rings (SSSR count). The van der Waals surface area contributed by atoms with Crippen molar-refractivity contribution >= 4 is 0 Å². The van der Waals surface area contributed by atoms with Crippen LogP contribution in [0.15, 0.2) is 10.5 Å². The number of rotatable bonds is 6. The van der Waals surface area contributed by atoms with Crippen LogP contribution in [0.5, 0.6) is 0 Å². The Morgan fingerprint density at radius 3 is 2.65 bits per heavy atom. The number of nitrogens with one attached hydrogen (secondary N) is 1. The van der Waals surface area contributed by atoms with Gasteiger partial charge in [-0.25, -0.2) is 0 Å². The van der Waals surface area contributed by atoms with Gasteiger partial charge < -0.3 is 9.73 Å². The molecule has 1 saturated heterocycles. The van der Waals surface area contributed by atoms with Crippen LogP contribution in [-0.2, 0) is 13.1 Å². The van der Waals surface area contributed by atoms with E-state index in [0.717, 1.165) is 49.4 Å². The average Bonchev–Trinajstić information content (AvgIpc) is 2.69. The molecule has 1 aliphatic heterocycles. The predicted molar refractivity (Wildman–Crippen MR) is 83.7 cm³/mol. The number of hydrogen-bond donors (Lipinski definition) is 1. The molecule has 114 valence electrons. The van der Waals surface area contributed by atoms with E-state index in [4.69, 9.17) is 4.42 Å². The van der Waals surface area contributed by atoms with E-state index in [0.29, 0.717) is 0 Å². The molecule has 1 aromatic heterocycles. The smallest absolute Gasteiger partial charge is 0.118 e. The molecule has 0 spiro atoms. The molecular formula is C17H30N2O. The molecule has 2 heterocycles. The molecule has 2 atom stereocenters. The van der Waals surface area contributed by atoms with Gasteiger partial charge in [-0.15, -0.1) is 0 Å². The van der Waals surface area contributed by atoms with Crippen molar-refractivity contribution in [1.29, 1.82) is 0 Å². The molecule has 2 unspecified atom stereocenters. The first-order valence-electron chi connectivity index (χ1n) is 8.09. The third kappa shape index (κ3) is 4.35. The summed E-state index contributed by atoms with van der Waals surface area (Å²) in [5.41, 5.74) is 1.36. The van der Waals surface area contributed by atoms with Gasteiger partial charge in [-0.1, -0.05) is 20.8 Å². The number of furan rings is 1. The van der Waals surface area contributed by atoms with Crippen LogP contribution in [0.4, 0.5) is 0 Å². The summed E-state index contributed by atoms with van der Waals surface area (Å²) in [7, 11) is 0. The summed E-state index contributed by atoms with van der Waals surface area (Å²) < 4.78 is 5.87. The zero-order chi connectivity index (χ0) is 14.5. The number of likely N-dealkylation sites (tertiary alicyclic amines) is 1. The quantitative estimate of drug-likeness (QED) is 0.806. The van der Waals surface area contributed by atoms with E-state index in [1.165, 1.54) is 25.1 Å². The van der Waals surface area contributed by atoms with Gasteiger partial charge in [0.25, 0.3) is 0 Å². The van der Waals surface area contributed by atoms with Crippen molar-refractivity contribution < 1.29 is 4.42 Å². The fourth-order valence-corrected chi connectivity index (χ4v) is 3.38. The third-order valence-electron chi connectivity index (χ3n) is 4.14. The zero-order valence-corrected chi connectivity index (χ0v) is 13.5. The Hall–Kier alpha value is -0.800. The van der Waals surface area contributed by atoms with E-state index in [1.807, 2.05) is 0 Å². The molecule has 0 amide bonds. The molecule has 3 heteroatoms. The van der Waals surface area contributed by atoms with Crippen molar-refractivity contribution in [3.63, 3.8) is 0 Å². The minimum atomic E-state index is 0.816. The summed E-state index contributed by atoms with van der Waals surface area (Å²) in [6.07, 6.45) is 2.53. The lowest BCUT2D eigenvalue weighted by atomic mass is 9.91. The predicted octanol–water partition coefficient (Wildman–Crippen LogP) is 3.57. The normalized spacial score (nSPS) is 24.2. The molecule has 0 bridgehead atoms. The molecule has 0 saturated carbocycles. The van der Waals surface area contributed by atoms with Gasteiger partial charge in [0.2, 0.25) is 0 Å². The Kier molecular flexibility index (Phi) is 5.67. The maximum atomic E-state index is 5.87. The van der Waals surface area contributed by atoms with Crippen LogP contribution in [-0.4, -0.2) is 24.5 Å². The largest absolute Gasteiger partial charge is 0.465 e. The monoisotopic (exact) mass is 278 g/mol. The van der Waals surface area contributed by atoms with Crippen LogP contribution in [0.1, 0.15) is 50.7 Å². The average molecular weight is 278 g/mol. The second kappa shape index (κ2) is 7.28. The Morgan fingerprint density at radius 2 is 2.00 bits per heavy atom. The fourth-order valence-electron chi connectivity index (χ4n) is 3.38. The molecule has 0 aliphatic carbocycles. The Balaban J connectivity index is 1.91. The molecule has 0 radical (unpaired) electrons. The van der Waals surface area contributed by atoms with E-state index in [2.05, 4.69) is 44.0 Å². The van der Waals surface area contributed by atoms with Gasteiger partial charge in [-0.2, -0.15) is 0 Å². The van der Waals surface area contributed by atoms with Gasteiger partial charge in [0.15, 0.2) is 0 Å². The van der Waals surface area contributed by atoms with Crippen molar-refractivity contribution in [2.75, 3.05) is 19.6 Å². The minimum Gasteiger partial charge on any atom is -0.465 e. The van der Waals surface area contributed by atoms with Gasteiger partial charge in [-0.3, -0.25) is 4.90 Å². The first-order valence-corrected chi connectivity index (χ1v) is 8.09. The molecule has 1 N–H and O–H groups in total. The highest BCUT2D eigenvalue weighted by atomic mass is 16.3. The number of hydrogen-bond acceptors (Lipinski definition) is 3. The summed E-state index contributed by atoms with van der Waals surface area (Å²) in [5, 5.41) is 3.40. The second-order valence-corrected chi connectivity index (χ2v) is 6.61. The SMILES string of the molecule is CCCNCc1cc(CN2CC(C)CC(C)C2)c(C)o1. The van der Waals surface area contributed by atoms with Crippen LogP contribution in [0, 0.1) is 18.8 Å². The summed E-state index contributed by atoms with van der Waals surface area (Å²) in [6, 6.07) is 2.24. The maximum absolute atomic E-state index is 5.87. The summed E-state index contributed by atoms with van der Waals surface area (Å²) >= 11 is 0. The van der Waals surface area contributed by atoms with Crippen molar-refractivity contribution in [2.45, 2.75) is 53.6 Å². The van der Waals surface area contributed by atoms with Crippen molar-refractivity contribution in [3.8, 4) is 0 Å². The highest BCUT2D eigenvalue weighted by Crippen LogP contribution is 2.24. The first-order chi connectivity index (χ1) is 9.58. The molecule has 20 heavy (non-hydrogen) atoms. The third-order valence-corrected chi connectivity index (χ3v) is 4.14. The Labute approximate surface area is 123 Å². The minimum absolute atomic E-state index is 0.816. The van der Waals surface area contributed by atoms with Gasteiger partial charge in [0, 0.05) is 25.2 Å². The molecule has 1 fully saturated rings. The summed E-state index contributed by atoms with van der Waals surface area (Å²) in [4.78, 5) is 2.58.